The lowest BCUT2D eigenvalue weighted by Gasteiger charge is -2.34. The molecule has 0 radical (unpaired) electrons. The Bertz CT molecular complexity index is 840. The van der Waals surface area contributed by atoms with Gasteiger partial charge in [-0.15, -0.1) is 0 Å². The van der Waals surface area contributed by atoms with Gasteiger partial charge in [-0.25, -0.2) is 15.0 Å². The normalized spacial score (nSPS) is 14.5. The van der Waals surface area contributed by atoms with Crippen LogP contribution in [0.4, 0.5) is 5.95 Å². The molecule has 0 saturated carbocycles. The average molecular weight is 348 g/mol. The third-order valence-electron chi connectivity index (χ3n) is 4.53. The number of benzene rings is 1. The molecule has 0 atom stereocenters. The summed E-state index contributed by atoms with van der Waals surface area (Å²) in [7, 11) is 0. The van der Waals surface area contributed by atoms with E-state index < -0.39 is 0 Å². The van der Waals surface area contributed by atoms with Crippen molar-refractivity contribution in [2.24, 2.45) is 0 Å². The van der Waals surface area contributed by atoms with Crippen LogP contribution in [0.3, 0.4) is 0 Å². The number of amides is 1. The molecule has 1 fully saturated rings. The van der Waals surface area contributed by atoms with Crippen LogP contribution in [0.2, 0.25) is 0 Å². The SMILES string of the molecule is O=C(c1ccc(Cn2ccnc2)cc1)N1CCN(c2ncccn2)CC1. The van der Waals surface area contributed by atoms with Crippen LogP contribution in [0.25, 0.3) is 0 Å². The molecule has 7 heteroatoms. The minimum absolute atomic E-state index is 0.0767. The highest BCUT2D eigenvalue weighted by atomic mass is 16.2. The number of hydrogen-bond acceptors (Lipinski definition) is 5. The van der Waals surface area contributed by atoms with Crippen molar-refractivity contribution in [2.45, 2.75) is 6.54 Å². The fraction of sp³-hybridized carbons (Fsp3) is 0.263. The summed E-state index contributed by atoms with van der Waals surface area (Å²) in [5.74, 6) is 0.802. The molecule has 1 saturated heterocycles. The second-order valence-electron chi connectivity index (χ2n) is 6.26. The third-order valence-corrected chi connectivity index (χ3v) is 4.53. The van der Waals surface area contributed by atoms with Crippen molar-refractivity contribution >= 4 is 11.9 Å². The van der Waals surface area contributed by atoms with Gasteiger partial charge in [0.1, 0.15) is 0 Å². The minimum Gasteiger partial charge on any atom is -0.337 e. The lowest BCUT2D eigenvalue weighted by atomic mass is 10.1. The molecule has 2 aromatic heterocycles. The Labute approximate surface area is 151 Å². The van der Waals surface area contributed by atoms with E-state index in [0.717, 1.165) is 36.7 Å². The summed E-state index contributed by atoms with van der Waals surface area (Å²) in [5.41, 5.74) is 1.87. The lowest BCUT2D eigenvalue weighted by Crippen LogP contribution is -2.49. The molecule has 0 bridgehead atoms. The number of anilines is 1. The van der Waals surface area contributed by atoms with Crippen molar-refractivity contribution in [1.29, 1.82) is 0 Å². The molecule has 26 heavy (non-hydrogen) atoms. The van der Waals surface area contributed by atoms with E-state index in [2.05, 4.69) is 19.9 Å². The Balaban J connectivity index is 1.36. The minimum atomic E-state index is 0.0767. The molecule has 1 aliphatic heterocycles. The number of carbonyl (C=O) groups is 1. The van der Waals surface area contributed by atoms with E-state index in [1.165, 1.54) is 0 Å². The van der Waals surface area contributed by atoms with E-state index in [9.17, 15) is 4.79 Å². The summed E-state index contributed by atoms with van der Waals surface area (Å²) in [6.45, 7) is 3.59. The first-order valence-electron chi connectivity index (χ1n) is 8.65. The Kier molecular flexibility index (Phi) is 4.59. The average Bonchev–Trinajstić information content (AvgIpc) is 3.22. The summed E-state index contributed by atoms with van der Waals surface area (Å²) >= 11 is 0. The zero-order chi connectivity index (χ0) is 17.8. The van der Waals surface area contributed by atoms with Crippen LogP contribution in [0.5, 0.6) is 0 Å². The van der Waals surface area contributed by atoms with Gasteiger partial charge in [-0.3, -0.25) is 4.79 Å². The highest BCUT2D eigenvalue weighted by Crippen LogP contribution is 2.14. The van der Waals surface area contributed by atoms with Crippen LogP contribution in [0.1, 0.15) is 15.9 Å². The number of hydrogen-bond donors (Lipinski definition) is 0. The maximum atomic E-state index is 12.7. The molecule has 1 aromatic carbocycles. The van der Waals surface area contributed by atoms with Crippen LogP contribution in [-0.4, -0.2) is 56.5 Å². The molecule has 1 amide bonds. The van der Waals surface area contributed by atoms with Crippen molar-refractivity contribution in [1.82, 2.24) is 24.4 Å². The van der Waals surface area contributed by atoms with Gasteiger partial charge in [0.15, 0.2) is 0 Å². The molecule has 1 aliphatic rings. The summed E-state index contributed by atoms with van der Waals surface area (Å²) in [4.78, 5) is 29.3. The summed E-state index contributed by atoms with van der Waals surface area (Å²) < 4.78 is 2.00. The standard InChI is InChI=1S/C19H20N6O/c26-18(17-4-2-16(3-5-17)14-23-9-8-20-15-23)24-10-12-25(13-11-24)19-21-6-1-7-22-19/h1-9,15H,10-14H2. The first-order chi connectivity index (χ1) is 12.8. The molecule has 0 aliphatic carbocycles. The monoisotopic (exact) mass is 348 g/mol. The van der Waals surface area contributed by atoms with Crippen molar-refractivity contribution in [2.75, 3.05) is 31.1 Å². The molecule has 0 spiro atoms. The number of aromatic nitrogens is 4. The fourth-order valence-corrected chi connectivity index (χ4v) is 3.09. The second kappa shape index (κ2) is 7.35. The van der Waals surface area contributed by atoms with Gasteiger partial charge in [0.25, 0.3) is 5.91 Å². The fourth-order valence-electron chi connectivity index (χ4n) is 3.09. The van der Waals surface area contributed by atoms with Gasteiger partial charge in [0, 0.05) is 63.1 Å². The number of nitrogens with zero attached hydrogens (tertiary/aromatic N) is 6. The summed E-state index contributed by atoms with van der Waals surface area (Å²) in [6, 6.07) is 9.62. The highest BCUT2D eigenvalue weighted by Gasteiger charge is 2.23. The van der Waals surface area contributed by atoms with Gasteiger partial charge in [-0.05, 0) is 23.8 Å². The van der Waals surface area contributed by atoms with E-state index in [-0.39, 0.29) is 5.91 Å². The third kappa shape index (κ3) is 3.56. The van der Waals surface area contributed by atoms with E-state index in [0.29, 0.717) is 13.1 Å². The van der Waals surface area contributed by atoms with E-state index >= 15 is 0 Å². The molecule has 132 valence electrons. The number of rotatable bonds is 4. The first-order valence-corrected chi connectivity index (χ1v) is 8.65. The van der Waals surface area contributed by atoms with Crippen LogP contribution < -0.4 is 4.90 Å². The second-order valence-corrected chi connectivity index (χ2v) is 6.26. The quantitative estimate of drug-likeness (QED) is 0.718. The van der Waals surface area contributed by atoms with E-state index in [1.807, 2.05) is 39.9 Å². The maximum absolute atomic E-state index is 12.7. The highest BCUT2D eigenvalue weighted by molar-refractivity contribution is 5.94. The molecule has 4 rings (SSSR count). The van der Waals surface area contributed by atoms with Gasteiger partial charge >= 0.3 is 0 Å². The Morgan fingerprint density at radius 2 is 1.69 bits per heavy atom. The van der Waals surface area contributed by atoms with Crippen molar-refractivity contribution in [3.63, 3.8) is 0 Å². The zero-order valence-electron chi connectivity index (χ0n) is 14.4. The first kappa shape index (κ1) is 16.3. The Morgan fingerprint density at radius 1 is 0.962 bits per heavy atom. The van der Waals surface area contributed by atoms with Crippen LogP contribution in [0, 0.1) is 0 Å². The van der Waals surface area contributed by atoms with Crippen LogP contribution >= 0.6 is 0 Å². The molecular formula is C19H20N6O. The molecular weight excluding hydrogens is 328 g/mol. The molecule has 3 aromatic rings. The van der Waals surface area contributed by atoms with Gasteiger partial charge in [-0.2, -0.15) is 0 Å². The smallest absolute Gasteiger partial charge is 0.253 e. The lowest BCUT2D eigenvalue weighted by molar-refractivity contribution is 0.0746. The van der Waals surface area contributed by atoms with Gasteiger partial charge < -0.3 is 14.4 Å². The van der Waals surface area contributed by atoms with Crippen LogP contribution in [-0.2, 0) is 6.54 Å². The van der Waals surface area contributed by atoms with Crippen LogP contribution in [0.15, 0.2) is 61.4 Å². The van der Waals surface area contributed by atoms with Gasteiger partial charge in [-0.1, -0.05) is 12.1 Å². The number of carbonyl (C=O) groups excluding carboxylic acids is 1. The van der Waals surface area contributed by atoms with Crippen molar-refractivity contribution in [3.8, 4) is 0 Å². The van der Waals surface area contributed by atoms with Crippen molar-refractivity contribution < 1.29 is 4.79 Å². The Morgan fingerprint density at radius 3 is 2.35 bits per heavy atom. The van der Waals surface area contributed by atoms with Gasteiger partial charge in [0.2, 0.25) is 5.95 Å². The maximum Gasteiger partial charge on any atom is 0.253 e. The van der Waals surface area contributed by atoms with E-state index in [1.54, 1.807) is 31.0 Å². The molecule has 3 heterocycles. The predicted octanol–water partition coefficient (Wildman–Crippen LogP) is 1.68. The summed E-state index contributed by atoms with van der Waals surface area (Å²) in [5, 5.41) is 0. The number of piperazine rings is 1. The largest absolute Gasteiger partial charge is 0.337 e. The molecule has 7 nitrogen and oxygen atoms in total. The van der Waals surface area contributed by atoms with Gasteiger partial charge in [0.05, 0.1) is 6.33 Å². The Hall–Kier alpha value is -3.22. The number of imidazole rings is 1. The van der Waals surface area contributed by atoms with E-state index in [4.69, 9.17) is 0 Å². The molecule has 0 N–H and O–H groups in total. The summed E-state index contributed by atoms with van der Waals surface area (Å²) in [6.07, 6.45) is 8.96. The predicted molar refractivity (Wildman–Crippen MR) is 97.9 cm³/mol. The van der Waals surface area contributed by atoms with Crippen molar-refractivity contribution in [3.05, 3.63) is 72.6 Å². The topological polar surface area (TPSA) is 67.2 Å². The molecule has 0 unspecified atom stereocenters. The zero-order valence-corrected chi connectivity index (χ0v) is 14.4.